The minimum absolute atomic E-state index is 0.00547. The smallest absolute Gasteiger partial charge is 0.223 e. The van der Waals surface area contributed by atoms with Crippen LogP contribution in [0.4, 0.5) is 0 Å². The zero-order chi connectivity index (χ0) is 24.3. The van der Waals surface area contributed by atoms with Crippen LogP contribution < -0.4 is 10.1 Å². The summed E-state index contributed by atoms with van der Waals surface area (Å²) in [6.45, 7) is 6.95. The largest absolute Gasteiger partial charge is 0.487 e. The standard InChI is InChI=1S/C27H36N2O4S/c1-4-27(5-2)18-24(23-12-8-9-13-25(23)33-27)28-26(30)21-14-16-29(17-15-21)34(31,32)19-22-11-7-6-10-20(22)3/h6-13,21,24H,4-5,14-19H2,1-3H3,(H,28,30)/t24-/m1/s1. The minimum Gasteiger partial charge on any atom is -0.487 e. The van der Waals surface area contributed by atoms with Crippen molar-refractivity contribution in [2.75, 3.05) is 13.1 Å². The molecule has 6 nitrogen and oxygen atoms in total. The molecule has 1 atom stereocenters. The van der Waals surface area contributed by atoms with Crippen molar-refractivity contribution in [3.8, 4) is 5.75 Å². The van der Waals surface area contributed by atoms with Crippen molar-refractivity contribution in [3.63, 3.8) is 0 Å². The topological polar surface area (TPSA) is 75.7 Å². The third kappa shape index (κ3) is 5.15. The van der Waals surface area contributed by atoms with Gasteiger partial charge in [0.1, 0.15) is 11.4 Å². The first kappa shape index (κ1) is 24.7. The van der Waals surface area contributed by atoms with E-state index in [1.54, 1.807) is 4.31 Å². The number of amides is 1. The Morgan fingerprint density at radius 2 is 1.71 bits per heavy atom. The molecule has 0 unspecified atom stereocenters. The van der Waals surface area contributed by atoms with E-state index in [2.05, 4.69) is 19.2 Å². The van der Waals surface area contributed by atoms with E-state index in [1.807, 2.05) is 55.5 Å². The lowest BCUT2D eigenvalue weighted by molar-refractivity contribution is -0.127. The van der Waals surface area contributed by atoms with Gasteiger partial charge in [-0.05, 0) is 49.8 Å². The number of ether oxygens (including phenoxy) is 1. The van der Waals surface area contributed by atoms with Gasteiger partial charge in [-0.3, -0.25) is 4.79 Å². The molecule has 34 heavy (non-hydrogen) atoms. The van der Waals surface area contributed by atoms with Crippen LogP contribution in [0.2, 0.25) is 0 Å². The zero-order valence-corrected chi connectivity index (χ0v) is 21.2. The average molecular weight is 485 g/mol. The van der Waals surface area contributed by atoms with Crippen molar-refractivity contribution < 1.29 is 17.9 Å². The number of fused-ring (bicyclic) bond motifs is 1. The van der Waals surface area contributed by atoms with E-state index in [0.29, 0.717) is 25.9 Å². The summed E-state index contributed by atoms with van der Waals surface area (Å²) in [7, 11) is -3.41. The monoisotopic (exact) mass is 484 g/mol. The molecule has 2 aliphatic heterocycles. The first-order chi connectivity index (χ1) is 16.3. The highest BCUT2D eigenvalue weighted by atomic mass is 32.2. The molecule has 0 aromatic heterocycles. The molecule has 1 saturated heterocycles. The van der Waals surface area contributed by atoms with E-state index >= 15 is 0 Å². The van der Waals surface area contributed by atoms with Crippen LogP contribution in [0.25, 0.3) is 0 Å². The molecule has 0 aliphatic carbocycles. The molecule has 1 fully saturated rings. The summed E-state index contributed by atoms with van der Waals surface area (Å²) in [6.07, 6.45) is 3.57. The highest BCUT2D eigenvalue weighted by Gasteiger charge is 2.40. The molecule has 1 N–H and O–H groups in total. The van der Waals surface area contributed by atoms with Gasteiger partial charge < -0.3 is 10.1 Å². The third-order valence-corrected chi connectivity index (χ3v) is 9.45. The molecule has 2 aromatic carbocycles. The van der Waals surface area contributed by atoms with Gasteiger partial charge in [0.05, 0.1) is 11.8 Å². The number of nitrogens with one attached hydrogen (secondary N) is 1. The number of sulfonamides is 1. The Labute approximate surface area is 203 Å². The quantitative estimate of drug-likeness (QED) is 0.616. The van der Waals surface area contributed by atoms with E-state index in [9.17, 15) is 13.2 Å². The summed E-state index contributed by atoms with van der Waals surface area (Å²) in [4.78, 5) is 13.2. The SMILES string of the molecule is CCC1(CC)C[C@@H](NC(=O)C2CCN(S(=O)(=O)Cc3ccccc3C)CC2)c2ccccc2O1. The van der Waals surface area contributed by atoms with E-state index in [4.69, 9.17) is 4.74 Å². The Bertz CT molecular complexity index is 1120. The predicted octanol–water partition coefficient (Wildman–Crippen LogP) is 4.74. The van der Waals surface area contributed by atoms with Crippen molar-refractivity contribution in [1.82, 2.24) is 9.62 Å². The molecule has 2 aliphatic rings. The number of hydrogen-bond donors (Lipinski definition) is 1. The van der Waals surface area contributed by atoms with Gasteiger partial charge in [-0.25, -0.2) is 12.7 Å². The number of rotatable bonds is 7. The molecule has 2 heterocycles. The van der Waals surface area contributed by atoms with E-state index in [-0.39, 0.29) is 29.2 Å². The number of hydrogen-bond acceptors (Lipinski definition) is 4. The Morgan fingerprint density at radius 3 is 2.38 bits per heavy atom. The fourth-order valence-corrected chi connectivity index (χ4v) is 6.84. The van der Waals surface area contributed by atoms with E-state index in [0.717, 1.165) is 41.7 Å². The molecular formula is C27H36N2O4S. The van der Waals surface area contributed by atoms with Crippen molar-refractivity contribution in [2.45, 2.75) is 70.3 Å². The van der Waals surface area contributed by atoms with Gasteiger partial charge >= 0.3 is 0 Å². The third-order valence-electron chi connectivity index (χ3n) is 7.62. The van der Waals surface area contributed by atoms with Crippen molar-refractivity contribution in [1.29, 1.82) is 0 Å². The second-order valence-corrected chi connectivity index (χ2v) is 11.6. The zero-order valence-electron chi connectivity index (χ0n) is 20.4. The lowest BCUT2D eigenvalue weighted by atomic mass is 9.83. The fraction of sp³-hybridized carbons (Fsp3) is 0.519. The van der Waals surface area contributed by atoms with E-state index < -0.39 is 10.0 Å². The predicted molar refractivity (Wildman–Crippen MR) is 134 cm³/mol. The number of carbonyl (C=O) groups is 1. The van der Waals surface area contributed by atoms with Crippen LogP contribution >= 0.6 is 0 Å². The van der Waals surface area contributed by atoms with Crippen molar-refractivity contribution in [3.05, 3.63) is 65.2 Å². The van der Waals surface area contributed by atoms with Gasteiger partial charge in [-0.2, -0.15) is 0 Å². The van der Waals surface area contributed by atoms with Gasteiger partial charge in [0.25, 0.3) is 0 Å². The maximum absolute atomic E-state index is 13.2. The highest BCUT2D eigenvalue weighted by Crippen LogP contribution is 2.42. The maximum Gasteiger partial charge on any atom is 0.223 e. The van der Waals surface area contributed by atoms with Crippen LogP contribution in [-0.2, 0) is 20.6 Å². The first-order valence-electron chi connectivity index (χ1n) is 12.4. The number of carbonyl (C=O) groups excluding carboxylic acids is 1. The van der Waals surface area contributed by atoms with Crippen LogP contribution in [0.1, 0.15) is 68.7 Å². The Hall–Kier alpha value is -2.38. The molecule has 2 aromatic rings. The number of benzene rings is 2. The lowest BCUT2D eigenvalue weighted by Gasteiger charge is -2.42. The Kier molecular flexibility index (Phi) is 7.33. The summed E-state index contributed by atoms with van der Waals surface area (Å²) in [6, 6.07) is 15.4. The molecule has 7 heteroatoms. The molecule has 0 saturated carbocycles. The summed E-state index contributed by atoms with van der Waals surface area (Å²) < 4.78 is 33.9. The van der Waals surface area contributed by atoms with Gasteiger partial charge in [-0.15, -0.1) is 0 Å². The van der Waals surface area contributed by atoms with Crippen molar-refractivity contribution >= 4 is 15.9 Å². The molecule has 4 rings (SSSR count). The normalized spacial score (nSPS) is 20.9. The number of para-hydroxylation sites is 1. The van der Waals surface area contributed by atoms with Crippen LogP contribution in [0.3, 0.4) is 0 Å². The van der Waals surface area contributed by atoms with Gasteiger partial charge in [-0.1, -0.05) is 56.3 Å². The molecule has 1 amide bonds. The van der Waals surface area contributed by atoms with Crippen LogP contribution in [0.5, 0.6) is 5.75 Å². The van der Waals surface area contributed by atoms with Gasteiger partial charge in [0, 0.05) is 31.0 Å². The summed E-state index contributed by atoms with van der Waals surface area (Å²) in [5.74, 6) is 0.683. The summed E-state index contributed by atoms with van der Waals surface area (Å²) in [5, 5.41) is 3.28. The molecule has 184 valence electrons. The Morgan fingerprint density at radius 1 is 1.06 bits per heavy atom. The molecule has 0 radical (unpaired) electrons. The van der Waals surface area contributed by atoms with Crippen molar-refractivity contribution in [2.24, 2.45) is 5.92 Å². The summed E-state index contributed by atoms with van der Waals surface area (Å²) in [5.41, 5.74) is 2.55. The minimum atomic E-state index is -3.41. The molecule has 0 bridgehead atoms. The number of aryl methyl sites for hydroxylation is 1. The number of piperidine rings is 1. The number of nitrogens with zero attached hydrogens (tertiary/aromatic N) is 1. The van der Waals surface area contributed by atoms with Gasteiger partial charge in [0.2, 0.25) is 15.9 Å². The average Bonchev–Trinajstić information content (AvgIpc) is 2.85. The van der Waals surface area contributed by atoms with E-state index in [1.165, 1.54) is 0 Å². The second kappa shape index (κ2) is 10.1. The second-order valence-electron chi connectivity index (χ2n) is 9.65. The molecular weight excluding hydrogens is 448 g/mol. The first-order valence-corrected chi connectivity index (χ1v) is 14.0. The maximum atomic E-state index is 13.2. The van der Waals surface area contributed by atoms with Crippen LogP contribution in [0.15, 0.2) is 48.5 Å². The summed E-state index contributed by atoms with van der Waals surface area (Å²) >= 11 is 0. The highest BCUT2D eigenvalue weighted by molar-refractivity contribution is 7.88. The van der Waals surface area contributed by atoms with Crippen LogP contribution in [0, 0.1) is 12.8 Å². The molecule has 0 spiro atoms. The lowest BCUT2D eigenvalue weighted by Crippen LogP contribution is -2.47. The Balaban J connectivity index is 1.40. The van der Waals surface area contributed by atoms with Gasteiger partial charge in [0.15, 0.2) is 0 Å². The fourth-order valence-electron chi connectivity index (χ4n) is 5.18. The van der Waals surface area contributed by atoms with Crippen LogP contribution in [-0.4, -0.2) is 37.3 Å².